The number of pyridine rings is 1. The molecule has 6 nitrogen and oxygen atoms in total. The Balaban J connectivity index is 1.36. The zero-order valence-corrected chi connectivity index (χ0v) is 21.4. The molecule has 8 heteroatoms. The zero-order valence-electron chi connectivity index (χ0n) is 19.8. The predicted molar refractivity (Wildman–Crippen MR) is 138 cm³/mol. The summed E-state index contributed by atoms with van der Waals surface area (Å²) in [7, 11) is 1.60. The molecular formula is C26H35ClN2O4S. The Labute approximate surface area is 211 Å². The molecule has 34 heavy (non-hydrogen) atoms. The molecule has 3 atom stereocenters. The molecule has 1 aliphatic heterocycles. The molecular weight excluding hydrogens is 472 g/mol. The third-order valence-corrected chi connectivity index (χ3v) is 9.10. The molecule has 2 fully saturated rings. The number of rotatable bonds is 10. The van der Waals surface area contributed by atoms with Gasteiger partial charge in [-0.1, -0.05) is 24.4 Å². The lowest BCUT2D eigenvalue weighted by Gasteiger charge is -2.37. The number of aliphatic hydroxyl groups is 1. The predicted octanol–water partition coefficient (Wildman–Crippen LogP) is 5.41. The second kappa shape index (κ2) is 11.9. The van der Waals surface area contributed by atoms with Crippen LogP contribution in [0.2, 0.25) is 5.02 Å². The van der Waals surface area contributed by atoms with E-state index < -0.39 is 18.0 Å². The van der Waals surface area contributed by atoms with Gasteiger partial charge in [-0.05, 0) is 62.8 Å². The number of fused-ring (bicyclic) bond motifs is 1. The number of likely N-dealkylation sites (tertiary alicyclic amines) is 1. The fourth-order valence-electron chi connectivity index (χ4n) is 5.45. The fraction of sp³-hybridized carbons (Fsp3) is 0.615. The average molecular weight is 507 g/mol. The number of carboxylic acid groups (broad SMARTS) is 1. The molecule has 0 spiro atoms. The maximum Gasteiger partial charge on any atom is 0.308 e. The van der Waals surface area contributed by atoms with Gasteiger partial charge in [0.2, 0.25) is 0 Å². The number of carboxylic acids is 1. The maximum atomic E-state index is 12.1. The maximum absolute atomic E-state index is 12.1. The number of hydrogen-bond donors (Lipinski definition) is 2. The molecule has 2 aliphatic rings. The lowest BCUT2D eigenvalue weighted by atomic mass is 9.81. The van der Waals surface area contributed by atoms with Crippen LogP contribution in [0.25, 0.3) is 10.9 Å². The third-order valence-electron chi connectivity index (χ3n) is 7.43. The van der Waals surface area contributed by atoms with Crippen LogP contribution < -0.4 is 4.74 Å². The van der Waals surface area contributed by atoms with Crippen LogP contribution in [-0.2, 0) is 4.79 Å². The first-order valence-electron chi connectivity index (χ1n) is 12.3. The Kier molecular flexibility index (Phi) is 8.97. The van der Waals surface area contributed by atoms with Crippen molar-refractivity contribution in [2.45, 2.75) is 56.3 Å². The van der Waals surface area contributed by atoms with Crippen molar-refractivity contribution < 1.29 is 19.7 Å². The summed E-state index contributed by atoms with van der Waals surface area (Å²) < 4.78 is 5.34. The molecule has 1 aromatic heterocycles. The molecule has 2 aromatic rings. The van der Waals surface area contributed by atoms with E-state index in [4.69, 9.17) is 16.3 Å². The summed E-state index contributed by atoms with van der Waals surface area (Å²) in [4.78, 5) is 18.7. The fourth-order valence-corrected chi connectivity index (χ4v) is 7.09. The number of aliphatic hydroxyl groups excluding tert-OH is 1. The smallest absolute Gasteiger partial charge is 0.308 e. The number of hydrogen-bond acceptors (Lipinski definition) is 6. The van der Waals surface area contributed by atoms with Gasteiger partial charge >= 0.3 is 5.97 Å². The van der Waals surface area contributed by atoms with E-state index >= 15 is 0 Å². The molecule has 1 aromatic carbocycles. The van der Waals surface area contributed by atoms with Gasteiger partial charge in [-0.25, -0.2) is 0 Å². The van der Waals surface area contributed by atoms with E-state index in [0.29, 0.717) is 35.7 Å². The molecule has 4 rings (SSSR count). The molecule has 3 unspecified atom stereocenters. The Bertz CT molecular complexity index is 985. The summed E-state index contributed by atoms with van der Waals surface area (Å²) in [5, 5.41) is 23.0. The normalized spacial score (nSPS) is 22.8. The lowest BCUT2D eigenvalue weighted by molar-refractivity contribution is -0.146. The Morgan fingerprint density at radius 1 is 1.32 bits per heavy atom. The largest absolute Gasteiger partial charge is 0.497 e. The van der Waals surface area contributed by atoms with Gasteiger partial charge < -0.3 is 19.8 Å². The molecule has 2 N–H and O–H groups in total. The number of methoxy groups -OCH3 is 1. The Morgan fingerprint density at radius 2 is 2.12 bits per heavy atom. The second-order valence-electron chi connectivity index (χ2n) is 9.57. The first kappa shape index (κ1) is 25.5. The minimum atomic E-state index is -0.791. The van der Waals surface area contributed by atoms with Crippen LogP contribution in [0.5, 0.6) is 5.75 Å². The molecule has 1 aliphatic carbocycles. The van der Waals surface area contributed by atoms with E-state index in [1.165, 1.54) is 25.7 Å². The van der Waals surface area contributed by atoms with E-state index in [0.717, 1.165) is 41.4 Å². The van der Waals surface area contributed by atoms with Crippen molar-refractivity contribution in [3.63, 3.8) is 0 Å². The van der Waals surface area contributed by atoms with Crippen molar-refractivity contribution in [3.05, 3.63) is 35.0 Å². The molecule has 0 radical (unpaired) electrons. The summed E-state index contributed by atoms with van der Waals surface area (Å²) >= 11 is 8.50. The van der Waals surface area contributed by atoms with Gasteiger partial charge in [-0.15, -0.1) is 0 Å². The van der Waals surface area contributed by atoms with Crippen LogP contribution in [0.4, 0.5) is 0 Å². The Hall–Kier alpha value is -1.54. The quantitative estimate of drug-likeness (QED) is 0.445. The molecule has 0 amide bonds. The monoisotopic (exact) mass is 506 g/mol. The number of thioether (sulfide) groups is 1. The highest BCUT2D eigenvalue weighted by Crippen LogP contribution is 2.37. The number of aromatic nitrogens is 1. The number of piperidine rings is 1. The van der Waals surface area contributed by atoms with Crippen LogP contribution in [0, 0.1) is 11.8 Å². The zero-order chi connectivity index (χ0) is 24.1. The lowest BCUT2D eigenvalue weighted by Crippen LogP contribution is -2.44. The van der Waals surface area contributed by atoms with Crippen LogP contribution in [0.1, 0.15) is 56.6 Å². The molecule has 1 saturated heterocycles. The number of ether oxygens (including phenoxy) is 1. The highest BCUT2D eigenvalue weighted by Gasteiger charge is 2.34. The van der Waals surface area contributed by atoms with Crippen molar-refractivity contribution in [2.24, 2.45) is 11.8 Å². The van der Waals surface area contributed by atoms with Gasteiger partial charge in [0.1, 0.15) is 5.75 Å². The highest BCUT2D eigenvalue weighted by molar-refractivity contribution is 7.99. The van der Waals surface area contributed by atoms with Gasteiger partial charge in [0, 0.05) is 41.2 Å². The van der Waals surface area contributed by atoms with Gasteiger partial charge in [0.25, 0.3) is 0 Å². The number of aliphatic carboxylic acids is 1. The van der Waals surface area contributed by atoms with E-state index in [9.17, 15) is 15.0 Å². The van der Waals surface area contributed by atoms with Crippen LogP contribution >= 0.6 is 23.4 Å². The van der Waals surface area contributed by atoms with Crippen LogP contribution in [-0.4, -0.2) is 63.8 Å². The molecule has 2 heterocycles. The van der Waals surface area contributed by atoms with Gasteiger partial charge in [0.05, 0.1) is 29.7 Å². The average Bonchev–Trinajstić information content (AvgIpc) is 3.36. The standard InChI is InChI=1S/C26H35ClN2O4S/c1-33-18-7-8-23-20(14-18)25(22(27)15-28-23)24(30)9-6-17-10-11-29(16-21(17)26(31)32)12-13-34-19-4-2-3-5-19/h7-8,14-15,17,19,21,24,30H,2-6,9-13,16H2,1H3,(H,31,32). The molecule has 1 saturated carbocycles. The summed E-state index contributed by atoms with van der Waals surface area (Å²) in [6, 6.07) is 5.52. The van der Waals surface area contributed by atoms with Crippen molar-refractivity contribution >= 4 is 40.2 Å². The summed E-state index contributed by atoms with van der Waals surface area (Å²) in [5.41, 5.74) is 1.38. The van der Waals surface area contributed by atoms with Gasteiger partial charge in [-0.3, -0.25) is 9.78 Å². The van der Waals surface area contributed by atoms with Crippen molar-refractivity contribution in [3.8, 4) is 5.75 Å². The minimum absolute atomic E-state index is 0.0484. The SMILES string of the molecule is COc1ccc2ncc(Cl)c(C(O)CCC3CCN(CCSC4CCCC4)CC3C(=O)O)c2c1. The van der Waals surface area contributed by atoms with Crippen molar-refractivity contribution in [2.75, 3.05) is 32.5 Å². The van der Waals surface area contributed by atoms with Crippen LogP contribution in [0.15, 0.2) is 24.4 Å². The van der Waals surface area contributed by atoms with E-state index in [1.54, 1.807) is 13.3 Å². The number of carbonyl (C=O) groups is 1. The van der Waals surface area contributed by atoms with Crippen LogP contribution in [0.3, 0.4) is 0 Å². The molecule has 0 bridgehead atoms. The summed E-state index contributed by atoms with van der Waals surface area (Å²) in [6.07, 6.45) is 8.09. The van der Waals surface area contributed by atoms with E-state index in [2.05, 4.69) is 21.6 Å². The summed E-state index contributed by atoms with van der Waals surface area (Å²) in [6.45, 7) is 2.48. The number of benzene rings is 1. The summed E-state index contributed by atoms with van der Waals surface area (Å²) in [5.74, 6) is 0.672. The van der Waals surface area contributed by atoms with Gasteiger partial charge in [0.15, 0.2) is 0 Å². The van der Waals surface area contributed by atoms with Gasteiger partial charge in [-0.2, -0.15) is 11.8 Å². The topological polar surface area (TPSA) is 82.9 Å². The first-order chi connectivity index (χ1) is 16.5. The van der Waals surface area contributed by atoms with Crippen molar-refractivity contribution in [1.82, 2.24) is 9.88 Å². The highest BCUT2D eigenvalue weighted by atomic mass is 35.5. The number of nitrogens with zero attached hydrogens (tertiary/aromatic N) is 2. The minimum Gasteiger partial charge on any atom is -0.497 e. The number of halogens is 1. The molecule has 186 valence electrons. The van der Waals surface area contributed by atoms with E-state index in [-0.39, 0.29) is 5.92 Å². The second-order valence-corrected chi connectivity index (χ2v) is 11.4. The van der Waals surface area contributed by atoms with E-state index in [1.807, 2.05) is 18.2 Å². The Morgan fingerprint density at radius 3 is 2.85 bits per heavy atom. The first-order valence-corrected chi connectivity index (χ1v) is 13.8. The van der Waals surface area contributed by atoms with Crippen molar-refractivity contribution in [1.29, 1.82) is 0 Å². The third kappa shape index (κ3) is 6.17.